The van der Waals surface area contributed by atoms with E-state index in [-0.39, 0.29) is 5.75 Å². The zero-order valence-electron chi connectivity index (χ0n) is 9.60. The molecule has 1 atom stereocenters. The third-order valence-corrected chi connectivity index (χ3v) is 2.49. The highest BCUT2D eigenvalue weighted by atomic mass is 16.4. The second kappa shape index (κ2) is 6.88. The van der Waals surface area contributed by atoms with Gasteiger partial charge in [0.15, 0.2) is 0 Å². The summed E-state index contributed by atoms with van der Waals surface area (Å²) in [6.45, 7) is 1.24. The maximum atomic E-state index is 10.5. The van der Waals surface area contributed by atoms with Crippen LogP contribution in [0, 0.1) is 0 Å². The Hall–Kier alpha value is -1.59. The van der Waals surface area contributed by atoms with Gasteiger partial charge in [-0.2, -0.15) is 0 Å². The number of hydrogen-bond acceptors (Lipinski definition) is 4. The first kappa shape index (κ1) is 13.5. The van der Waals surface area contributed by atoms with Crippen LogP contribution in [0.1, 0.15) is 18.4 Å². The molecule has 1 unspecified atom stereocenters. The monoisotopic (exact) mass is 238 g/mol. The van der Waals surface area contributed by atoms with Crippen molar-refractivity contribution in [3.63, 3.8) is 0 Å². The van der Waals surface area contributed by atoms with Gasteiger partial charge >= 0.3 is 5.97 Å². The quantitative estimate of drug-likeness (QED) is 0.524. The number of benzene rings is 1. The maximum absolute atomic E-state index is 10.5. The SMILES string of the molecule is NC(CCCNCc1ccccc1O)C(=O)O. The summed E-state index contributed by atoms with van der Waals surface area (Å²) in [6, 6.07) is 6.31. The van der Waals surface area contributed by atoms with E-state index in [1.807, 2.05) is 12.1 Å². The van der Waals surface area contributed by atoms with Gasteiger partial charge in [0.05, 0.1) is 0 Å². The van der Waals surface area contributed by atoms with Crippen molar-refractivity contribution in [3.8, 4) is 5.75 Å². The van der Waals surface area contributed by atoms with Crippen LogP contribution in [-0.4, -0.2) is 28.8 Å². The van der Waals surface area contributed by atoms with Crippen molar-refractivity contribution < 1.29 is 15.0 Å². The predicted octanol–water partition coefficient (Wildman–Crippen LogP) is 0.674. The van der Waals surface area contributed by atoms with Gasteiger partial charge in [-0.1, -0.05) is 18.2 Å². The highest BCUT2D eigenvalue weighted by Crippen LogP contribution is 2.14. The lowest BCUT2D eigenvalue weighted by atomic mass is 10.1. The summed E-state index contributed by atoms with van der Waals surface area (Å²) < 4.78 is 0. The molecule has 1 aromatic carbocycles. The smallest absolute Gasteiger partial charge is 0.320 e. The first-order chi connectivity index (χ1) is 8.11. The van der Waals surface area contributed by atoms with Crippen LogP contribution in [0.3, 0.4) is 0 Å². The molecule has 94 valence electrons. The van der Waals surface area contributed by atoms with E-state index in [0.29, 0.717) is 25.9 Å². The Morgan fingerprint density at radius 3 is 2.76 bits per heavy atom. The van der Waals surface area contributed by atoms with Crippen LogP contribution in [0.2, 0.25) is 0 Å². The van der Waals surface area contributed by atoms with Gasteiger partial charge in [0.25, 0.3) is 0 Å². The highest BCUT2D eigenvalue weighted by Gasteiger charge is 2.09. The van der Waals surface area contributed by atoms with E-state index in [1.165, 1.54) is 0 Å². The molecule has 0 spiro atoms. The Morgan fingerprint density at radius 1 is 1.41 bits per heavy atom. The zero-order valence-corrected chi connectivity index (χ0v) is 9.60. The molecule has 5 N–H and O–H groups in total. The number of nitrogens with one attached hydrogen (secondary N) is 1. The molecular formula is C12H18N2O3. The standard InChI is InChI=1S/C12H18N2O3/c13-10(12(16)17)5-3-7-14-8-9-4-1-2-6-11(9)15/h1-2,4,6,10,14-15H,3,5,7-8,13H2,(H,16,17). The van der Waals surface area contributed by atoms with Crippen LogP contribution in [0.15, 0.2) is 24.3 Å². The average molecular weight is 238 g/mol. The molecule has 0 aliphatic carbocycles. The molecule has 0 heterocycles. The number of hydrogen-bond donors (Lipinski definition) is 4. The molecule has 0 amide bonds. The summed E-state index contributed by atoms with van der Waals surface area (Å²) >= 11 is 0. The Morgan fingerprint density at radius 2 is 2.12 bits per heavy atom. The molecule has 0 aliphatic heterocycles. The number of nitrogens with two attached hydrogens (primary N) is 1. The van der Waals surface area contributed by atoms with Gasteiger partial charge in [-0.25, -0.2) is 0 Å². The number of phenolic OH excluding ortho intramolecular Hbond substituents is 1. The summed E-state index contributed by atoms with van der Waals surface area (Å²) in [7, 11) is 0. The average Bonchev–Trinajstić information content (AvgIpc) is 2.30. The lowest BCUT2D eigenvalue weighted by Crippen LogP contribution is -2.30. The molecule has 5 nitrogen and oxygen atoms in total. The van der Waals surface area contributed by atoms with E-state index in [2.05, 4.69) is 5.32 Å². The van der Waals surface area contributed by atoms with E-state index in [0.717, 1.165) is 5.56 Å². The van der Waals surface area contributed by atoms with Crippen molar-refractivity contribution in [3.05, 3.63) is 29.8 Å². The Labute approximate surface area is 100 Å². The number of aliphatic carboxylic acids is 1. The van der Waals surface area contributed by atoms with Crippen molar-refractivity contribution in [2.75, 3.05) is 6.54 Å². The molecule has 5 heteroatoms. The fourth-order valence-electron chi connectivity index (χ4n) is 1.45. The van der Waals surface area contributed by atoms with Gasteiger partial charge in [-0.15, -0.1) is 0 Å². The van der Waals surface area contributed by atoms with Crippen molar-refractivity contribution >= 4 is 5.97 Å². The second-order valence-electron chi connectivity index (χ2n) is 3.89. The minimum atomic E-state index is -0.967. The summed E-state index contributed by atoms with van der Waals surface area (Å²) in [5.74, 6) is -0.701. The van der Waals surface area contributed by atoms with Gasteiger partial charge in [0.1, 0.15) is 11.8 Å². The van der Waals surface area contributed by atoms with Crippen LogP contribution < -0.4 is 11.1 Å². The Bertz CT molecular complexity index is 369. The van der Waals surface area contributed by atoms with E-state index in [4.69, 9.17) is 10.8 Å². The predicted molar refractivity (Wildman–Crippen MR) is 64.7 cm³/mol. The molecule has 0 radical (unpaired) electrons. The lowest BCUT2D eigenvalue weighted by molar-refractivity contribution is -0.138. The van der Waals surface area contributed by atoms with Crippen LogP contribution >= 0.6 is 0 Å². The van der Waals surface area contributed by atoms with Crippen LogP contribution in [0.5, 0.6) is 5.75 Å². The molecule has 0 bridgehead atoms. The zero-order chi connectivity index (χ0) is 12.7. The van der Waals surface area contributed by atoms with Crippen molar-refractivity contribution in [2.24, 2.45) is 5.73 Å². The number of rotatable bonds is 7. The molecule has 0 aliphatic rings. The maximum Gasteiger partial charge on any atom is 0.320 e. The van der Waals surface area contributed by atoms with Crippen molar-refractivity contribution in [1.82, 2.24) is 5.32 Å². The van der Waals surface area contributed by atoms with Crippen LogP contribution in [0.25, 0.3) is 0 Å². The third-order valence-electron chi connectivity index (χ3n) is 2.49. The van der Waals surface area contributed by atoms with Crippen molar-refractivity contribution in [2.45, 2.75) is 25.4 Å². The van der Waals surface area contributed by atoms with Crippen molar-refractivity contribution in [1.29, 1.82) is 0 Å². The van der Waals surface area contributed by atoms with Gasteiger partial charge in [0.2, 0.25) is 0 Å². The van der Waals surface area contributed by atoms with Gasteiger partial charge in [-0.3, -0.25) is 4.79 Å². The molecule has 1 aromatic rings. The molecular weight excluding hydrogens is 220 g/mol. The van der Waals surface area contributed by atoms with Gasteiger partial charge < -0.3 is 21.3 Å². The van der Waals surface area contributed by atoms with E-state index in [1.54, 1.807) is 12.1 Å². The normalized spacial score (nSPS) is 12.3. The number of carboxylic acid groups (broad SMARTS) is 1. The fourth-order valence-corrected chi connectivity index (χ4v) is 1.45. The second-order valence-corrected chi connectivity index (χ2v) is 3.89. The molecule has 0 saturated heterocycles. The first-order valence-corrected chi connectivity index (χ1v) is 5.57. The molecule has 0 aromatic heterocycles. The topological polar surface area (TPSA) is 95.6 Å². The summed E-state index contributed by atoms with van der Waals surface area (Å²) in [5.41, 5.74) is 6.20. The summed E-state index contributed by atoms with van der Waals surface area (Å²) in [6.07, 6.45) is 1.14. The van der Waals surface area contributed by atoms with E-state index in [9.17, 15) is 9.90 Å². The first-order valence-electron chi connectivity index (χ1n) is 5.57. The van der Waals surface area contributed by atoms with Gasteiger partial charge in [-0.05, 0) is 25.5 Å². The van der Waals surface area contributed by atoms with E-state index < -0.39 is 12.0 Å². The number of carbonyl (C=O) groups is 1. The molecule has 0 fully saturated rings. The van der Waals surface area contributed by atoms with E-state index >= 15 is 0 Å². The Balaban J connectivity index is 2.17. The van der Waals surface area contributed by atoms with Crippen LogP contribution in [-0.2, 0) is 11.3 Å². The van der Waals surface area contributed by atoms with Crippen LogP contribution in [0.4, 0.5) is 0 Å². The summed E-state index contributed by atoms with van der Waals surface area (Å²) in [5, 5.41) is 21.2. The number of carboxylic acids is 1. The largest absolute Gasteiger partial charge is 0.508 e. The highest BCUT2D eigenvalue weighted by molar-refractivity contribution is 5.72. The number of para-hydroxylation sites is 1. The molecule has 17 heavy (non-hydrogen) atoms. The summed E-state index contributed by atoms with van der Waals surface area (Å²) in [4.78, 5) is 10.5. The molecule has 1 rings (SSSR count). The lowest BCUT2D eigenvalue weighted by Gasteiger charge is -2.08. The molecule has 0 saturated carbocycles. The number of aromatic hydroxyl groups is 1. The minimum Gasteiger partial charge on any atom is -0.508 e. The Kier molecular flexibility index (Phi) is 5.45. The van der Waals surface area contributed by atoms with Gasteiger partial charge in [0, 0.05) is 12.1 Å². The fraction of sp³-hybridized carbons (Fsp3) is 0.417. The third kappa shape index (κ3) is 4.84. The minimum absolute atomic E-state index is 0.266. The number of phenols is 1.